The molecule has 0 unspecified atom stereocenters. The van der Waals surface area contributed by atoms with Crippen molar-refractivity contribution in [2.24, 2.45) is 7.05 Å². The molecule has 1 heterocycles. The van der Waals surface area contributed by atoms with Crippen molar-refractivity contribution < 1.29 is 19.1 Å². The predicted molar refractivity (Wildman–Crippen MR) is 90.7 cm³/mol. The van der Waals surface area contributed by atoms with Gasteiger partial charge in [-0.25, -0.2) is 9.48 Å². The third-order valence-corrected chi connectivity index (χ3v) is 3.08. The van der Waals surface area contributed by atoms with Gasteiger partial charge in [0.2, 0.25) is 0 Å². The second-order valence-corrected chi connectivity index (χ2v) is 4.97. The lowest BCUT2D eigenvalue weighted by Gasteiger charge is -2.09. The van der Waals surface area contributed by atoms with Crippen LogP contribution >= 0.6 is 0 Å². The van der Waals surface area contributed by atoms with Gasteiger partial charge in [0.25, 0.3) is 11.5 Å². The molecule has 0 bridgehead atoms. The highest BCUT2D eigenvalue weighted by molar-refractivity contribution is 6.03. The lowest BCUT2D eigenvalue weighted by atomic mass is 10.2. The number of anilines is 2. The Labute approximate surface area is 143 Å². The molecule has 0 saturated carbocycles. The van der Waals surface area contributed by atoms with Crippen molar-refractivity contribution in [3.05, 3.63) is 52.4 Å². The van der Waals surface area contributed by atoms with Crippen LogP contribution in [0.4, 0.5) is 16.2 Å². The van der Waals surface area contributed by atoms with Crippen LogP contribution in [0, 0.1) is 0 Å². The van der Waals surface area contributed by atoms with Crippen LogP contribution in [-0.4, -0.2) is 42.1 Å². The van der Waals surface area contributed by atoms with E-state index in [0.717, 1.165) is 4.68 Å². The average molecular weight is 346 g/mol. The van der Waals surface area contributed by atoms with Gasteiger partial charge in [-0.1, -0.05) is 6.07 Å². The summed E-state index contributed by atoms with van der Waals surface area (Å²) in [5.41, 5.74) is 0.693. The van der Waals surface area contributed by atoms with Gasteiger partial charge in [-0.2, -0.15) is 5.10 Å². The Bertz CT molecular complexity index is 818. The highest BCUT2D eigenvalue weighted by Gasteiger charge is 2.10. The summed E-state index contributed by atoms with van der Waals surface area (Å²) in [5, 5.41) is 9.06. The molecule has 2 aromatic rings. The topological polar surface area (TPSA) is 112 Å². The van der Waals surface area contributed by atoms with Crippen molar-refractivity contribution in [2.45, 2.75) is 0 Å². The number of nitrogens with one attached hydrogen (secondary N) is 2. The molecule has 0 radical (unpaired) electrons. The first kappa shape index (κ1) is 18.1. The van der Waals surface area contributed by atoms with Gasteiger partial charge in [-0.15, -0.1) is 0 Å². The fourth-order valence-corrected chi connectivity index (χ4v) is 1.86. The zero-order valence-electron chi connectivity index (χ0n) is 13.8. The van der Waals surface area contributed by atoms with E-state index in [-0.39, 0.29) is 17.9 Å². The summed E-state index contributed by atoms with van der Waals surface area (Å²) in [4.78, 5) is 35.1. The Morgan fingerprint density at radius 2 is 1.84 bits per heavy atom. The Morgan fingerprint density at radius 1 is 1.12 bits per heavy atom. The molecule has 0 saturated heterocycles. The highest BCUT2D eigenvalue weighted by Crippen LogP contribution is 2.16. The minimum absolute atomic E-state index is 0.0967. The molecule has 0 aliphatic rings. The van der Waals surface area contributed by atoms with E-state index >= 15 is 0 Å². The van der Waals surface area contributed by atoms with Crippen molar-refractivity contribution in [1.82, 2.24) is 9.78 Å². The molecule has 2 N–H and O–H groups in total. The molecule has 132 valence electrons. The molecular weight excluding hydrogens is 328 g/mol. The summed E-state index contributed by atoms with van der Waals surface area (Å²) in [6, 6.07) is 9.13. The fourth-order valence-electron chi connectivity index (χ4n) is 1.86. The standard InChI is InChI=1S/C16H18N4O5/c1-20-14(21)7-6-13(19-20)15(22)17-11-4-3-5-12(10-11)18-16(23)25-9-8-24-2/h3-7,10H,8-9H2,1-2H3,(H,17,22)(H,18,23). The number of aryl methyl sites for hydroxylation is 1. The molecule has 9 nitrogen and oxygen atoms in total. The van der Waals surface area contributed by atoms with E-state index in [1.165, 1.54) is 26.3 Å². The Balaban J connectivity index is 2.00. The number of ether oxygens (including phenoxy) is 2. The first-order valence-corrected chi connectivity index (χ1v) is 7.38. The number of carbonyl (C=O) groups is 2. The molecule has 0 atom stereocenters. The van der Waals surface area contributed by atoms with Crippen LogP contribution < -0.4 is 16.2 Å². The Morgan fingerprint density at radius 3 is 2.52 bits per heavy atom. The van der Waals surface area contributed by atoms with Crippen LogP contribution in [0.2, 0.25) is 0 Å². The molecule has 1 aromatic heterocycles. The number of amides is 2. The number of carbonyl (C=O) groups excluding carboxylic acids is 2. The van der Waals surface area contributed by atoms with Crippen molar-refractivity contribution in [3.63, 3.8) is 0 Å². The molecule has 0 spiro atoms. The van der Waals surface area contributed by atoms with E-state index < -0.39 is 12.0 Å². The van der Waals surface area contributed by atoms with Gasteiger partial charge in [0, 0.05) is 31.6 Å². The van der Waals surface area contributed by atoms with Crippen molar-refractivity contribution in [2.75, 3.05) is 31.0 Å². The van der Waals surface area contributed by atoms with Gasteiger partial charge in [0.15, 0.2) is 0 Å². The number of nitrogens with zero attached hydrogens (tertiary/aromatic N) is 2. The van der Waals surface area contributed by atoms with Gasteiger partial charge < -0.3 is 14.8 Å². The third kappa shape index (κ3) is 5.43. The summed E-state index contributed by atoms with van der Waals surface area (Å²) in [6.45, 7) is 0.438. The summed E-state index contributed by atoms with van der Waals surface area (Å²) in [7, 11) is 2.96. The molecular formula is C16H18N4O5. The average Bonchev–Trinajstić information content (AvgIpc) is 2.58. The van der Waals surface area contributed by atoms with Crippen molar-refractivity contribution >= 4 is 23.4 Å². The lowest BCUT2D eigenvalue weighted by Crippen LogP contribution is -2.23. The van der Waals surface area contributed by atoms with Gasteiger partial charge >= 0.3 is 6.09 Å². The van der Waals surface area contributed by atoms with E-state index in [4.69, 9.17) is 9.47 Å². The monoisotopic (exact) mass is 346 g/mol. The van der Waals surface area contributed by atoms with E-state index in [9.17, 15) is 14.4 Å². The van der Waals surface area contributed by atoms with Gasteiger partial charge in [-0.3, -0.25) is 14.9 Å². The number of hydrogen-bond donors (Lipinski definition) is 2. The van der Waals surface area contributed by atoms with Crippen molar-refractivity contribution in [3.8, 4) is 0 Å². The SMILES string of the molecule is COCCOC(=O)Nc1cccc(NC(=O)c2ccc(=O)n(C)n2)c1. The van der Waals surface area contributed by atoms with Gasteiger partial charge in [0.1, 0.15) is 12.3 Å². The molecule has 0 aliphatic carbocycles. The minimum atomic E-state index is -0.625. The first-order chi connectivity index (χ1) is 12.0. The Hall–Kier alpha value is -3.20. The zero-order valence-corrected chi connectivity index (χ0v) is 13.8. The van der Waals surface area contributed by atoms with Crippen molar-refractivity contribution in [1.29, 1.82) is 0 Å². The van der Waals surface area contributed by atoms with Gasteiger partial charge in [0.05, 0.1) is 6.61 Å². The minimum Gasteiger partial charge on any atom is -0.447 e. The molecule has 0 fully saturated rings. The largest absolute Gasteiger partial charge is 0.447 e. The number of hydrogen-bond acceptors (Lipinski definition) is 6. The van der Waals surface area contributed by atoms with Crippen LogP contribution in [0.3, 0.4) is 0 Å². The Kier molecular flexibility index (Phi) is 6.24. The number of rotatable bonds is 6. The van der Waals surface area contributed by atoms with E-state index in [1.54, 1.807) is 24.3 Å². The molecule has 2 amide bonds. The third-order valence-electron chi connectivity index (χ3n) is 3.08. The summed E-state index contributed by atoms with van der Waals surface area (Å²) < 4.78 is 10.8. The number of benzene rings is 1. The van der Waals surface area contributed by atoms with E-state index in [2.05, 4.69) is 15.7 Å². The smallest absolute Gasteiger partial charge is 0.411 e. The maximum absolute atomic E-state index is 12.2. The molecule has 1 aromatic carbocycles. The molecule has 9 heteroatoms. The van der Waals surface area contributed by atoms with Crippen LogP contribution in [0.15, 0.2) is 41.2 Å². The molecule has 0 aliphatic heterocycles. The molecule has 2 rings (SSSR count). The number of aromatic nitrogens is 2. The quantitative estimate of drug-likeness (QED) is 0.761. The highest BCUT2D eigenvalue weighted by atomic mass is 16.6. The second-order valence-electron chi connectivity index (χ2n) is 4.97. The normalized spacial score (nSPS) is 10.2. The maximum Gasteiger partial charge on any atom is 0.411 e. The summed E-state index contributed by atoms with van der Waals surface area (Å²) >= 11 is 0. The first-order valence-electron chi connectivity index (χ1n) is 7.38. The van der Waals surface area contributed by atoms with E-state index in [1.807, 2.05) is 0 Å². The summed E-state index contributed by atoms with van der Waals surface area (Å²) in [5.74, 6) is -0.476. The van der Waals surface area contributed by atoms with Crippen LogP contribution in [-0.2, 0) is 16.5 Å². The van der Waals surface area contributed by atoms with Crippen LogP contribution in [0.25, 0.3) is 0 Å². The number of methoxy groups -OCH3 is 1. The lowest BCUT2D eigenvalue weighted by molar-refractivity contribution is 0.102. The van der Waals surface area contributed by atoms with Gasteiger partial charge in [-0.05, 0) is 24.3 Å². The fraction of sp³-hybridized carbons (Fsp3) is 0.250. The zero-order chi connectivity index (χ0) is 18.2. The van der Waals surface area contributed by atoms with E-state index in [0.29, 0.717) is 18.0 Å². The maximum atomic E-state index is 12.2. The summed E-state index contributed by atoms with van der Waals surface area (Å²) in [6.07, 6.45) is -0.625. The predicted octanol–water partition coefficient (Wildman–Crippen LogP) is 1.23. The van der Waals surface area contributed by atoms with Crippen LogP contribution in [0.5, 0.6) is 0 Å². The molecule has 25 heavy (non-hydrogen) atoms. The second kappa shape index (κ2) is 8.60. The van der Waals surface area contributed by atoms with Crippen LogP contribution in [0.1, 0.15) is 10.5 Å².